The molecular weight excluding hydrogens is 855 g/mol. The highest BCUT2D eigenvalue weighted by atomic mass is 32.2. The summed E-state index contributed by atoms with van der Waals surface area (Å²) in [4.78, 5) is 65.5. The largest absolute Gasteiger partial charge is 0.471 e. The Morgan fingerprint density at radius 2 is 1.73 bits per heavy atom. The van der Waals surface area contributed by atoms with Crippen molar-refractivity contribution in [3.63, 3.8) is 0 Å². The first kappa shape index (κ1) is 44.0. The fourth-order valence-electron chi connectivity index (χ4n) is 9.39. The molecule has 8 rings (SSSR count). The first-order valence-electron chi connectivity index (χ1n) is 20.8. The molecule has 62 heavy (non-hydrogen) atoms. The van der Waals surface area contributed by atoms with Crippen LogP contribution in [0.4, 0.5) is 31.1 Å². The predicted octanol–water partition coefficient (Wildman–Crippen LogP) is 5.16. The molecule has 0 radical (unpaired) electrons. The number of hydrogen-bond donors (Lipinski definition) is 3. The van der Waals surface area contributed by atoms with Crippen LogP contribution < -0.4 is 24.8 Å². The number of fused-ring (bicyclic) bond motifs is 7. The molecule has 2 bridgehead atoms. The topological polar surface area (TPSA) is 195 Å². The van der Waals surface area contributed by atoms with Crippen LogP contribution in [0.5, 0.6) is 11.6 Å². The zero-order chi connectivity index (χ0) is 44.7. The quantitative estimate of drug-likeness (QED) is 0.296. The van der Waals surface area contributed by atoms with Crippen molar-refractivity contribution >= 4 is 44.9 Å². The van der Waals surface area contributed by atoms with Gasteiger partial charge in [0, 0.05) is 18.9 Å². The molecule has 340 valence electrons. The van der Waals surface area contributed by atoms with Gasteiger partial charge in [0.05, 0.1) is 28.7 Å². The Morgan fingerprint density at radius 3 is 2.39 bits per heavy atom. The zero-order valence-corrected chi connectivity index (χ0v) is 34.9. The maximum Gasteiger partial charge on any atom is 0.408 e. The molecule has 4 saturated carbocycles. The second kappa shape index (κ2) is 15.9. The normalized spacial score (nSPS) is 32.3. The maximum absolute atomic E-state index is 16.4. The molecular formula is C40H48F6N6O9S. The molecule has 2 aliphatic heterocycles. The van der Waals surface area contributed by atoms with Crippen LogP contribution in [0.1, 0.15) is 90.7 Å². The summed E-state index contributed by atoms with van der Waals surface area (Å²) in [7, 11) is -4.25. The third-order valence-electron chi connectivity index (χ3n) is 13.0. The highest BCUT2D eigenvalue weighted by molar-refractivity contribution is 7.91. The van der Waals surface area contributed by atoms with Crippen molar-refractivity contribution in [3.05, 3.63) is 23.9 Å². The summed E-state index contributed by atoms with van der Waals surface area (Å²) in [5.74, 6) is -9.51. The van der Waals surface area contributed by atoms with E-state index >= 15 is 8.78 Å². The molecule has 1 aromatic carbocycles. The van der Waals surface area contributed by atoms with Crippen LogP contribution >= 0.6 is 0 Å². The fourth-order valence-corrected chi connectivity index (χ4v) is 10.8. The van der Waals surface area contributed by atoms with Crippen LogP contribution in [0.2, 0.25) is 0 Å². The number of hydrogen-bond acceptors (Lipinski definition) is 11. The lowest BCUT2D eigenvalue weighted by molar-refractivity contribution is -0.143. The number of nitrogens with zero attached hydrogens (tertiary/aromatic N) is 3. The van der Waals surface area contributed by atoms with E-state index in [9.17, 15) is 45.2 Å². The molecule has 9 atom stereocenters. The molecule has 4 amide bonds. The van der Waals surface area contributed by atoms with Crippen molar-refractivity contribution in [1.29, 1.82) is 0 Å². The first-order valence-corrected chi connectivity index (χ1v) is 22.4. The van der Waals surface area contributed by atoms with Crippen molar-refractivity contribution in [2.45, 2.75) is 139 Å². The summed E-state index contributed by atoms with van der Waals surface area (Å²) >= 11 is 0. The molecule has 0 spiro atoms. The zero-order valence-electron chi connectivity index (χ0n) is 34.1. The van der Waals surface area contributed by atoms with E-state index in [-0.39, 0.29) is 47.9 Å². The minimum atomic E-state index is -4.25. The predicted molar refractivity (Wildman–Crippen MR) is 204 cm³/mol. The number of amides is 4. The van der Waals surface area contributed by atoms with Crippen molar-refractivity contribution in [2.24, 2.45) is 29.1 Å². The van der Waals surface area contributed by atoms with Crippen LogP contribution in [0.25, 0.3) is 11.0 Å². The molecule has 1 saturated heterocycles. The second-order valence-corrected chi connectivity index (χ2v) is 20.5. The SMILES string of the molecule is CC(C)(C)[C@@H]1NC(=O)O[C@@H]2C[C@@H]3CC3[C@H]2CCCCC(F)(F)c2nc3ccc(OC(F)F)cc3nc2O[C@@H]2C[C@@H](C(=O)N[C@]3(C(=O)NS(=O)(=O)C4CC4)C[C@H]3C(F)F)N(C2)C1=O. The second-order valence-electron chi connectivity index (χ2n) is 18.6. The number of halogens is 6. The van der Waals surface area contributed by atoms with E-state index in [0.29, 0.717) is 25.2 Å². The molecule has 5 fully saturated rings. The lowest BCUT2D eigenvalue weighted by Gasteiger charge is -2.36. The highest BCUT2D eigenvalue weighted by Crippen LogP contribution is 2.58. The van der Waals surface area contributed by atoms with Gasteiger partial charge in [-0.1, -0.05) is 27.2 Å². The third-order valence-corrected chi connectivity index (χ3v) is 14.8. The van der Waals surface area contributed by atoms with E-state index in [1.54, 1.807) is 20.8 Å². The Labute approximate surface area is 352 Å². The van der Waals surface area contributed by atoms with Crippen molar-refractivity contribution in [2.75, 3.05) is 6.54 Å². The number of rotatable bonds is 8. The van der Waals surface area contributed by atoms with Gasteiger partial charge in [0.25, 0.3) is 11.8 Å². The monoisotopic (exact) mass is 902 g/mol. The standard InChI is InChI=1S/C40H48F6N6O9S/c1-38(2,3)30-34(54)52-17-20(15-27(52)32(53)50-39(16-24(39)31(41)42)35(55)51-62(57,58)21-8-9-21)59-33-29(47-25-10-7-19(60-36(43)44)14-26(25)48-33)40(45,46)11-5-4-6-22-23-12-18(23)13-28(22)61-37(56)49-30/h7,10,14,18,20-24,27-28,30-31,36H,4-6,8-9,11-13,15-17H2,1-3H3,(H,49,56)(H,50,53)(H,51,55)/t18-,20+,22+,23?,24-,27-,28+,30+,39+/m0/s1. The Morgan fingerprint density at radius 1 is 0.984 bits per heavy atom. The van der Waals surface area contributed by atoms with E-state index in [0.717, 1.165) is 23.5 Å². The van der Waals surface area contributed by atoms with Gasteiger partial charge < -0.3 is 29.7 Å². The van der Waals surface area contributed by atoms with E-state index < -0.39 is 137 Å². The molecule has 15 nitrogen and oxygen atoms in total. The lowest BCUT2D eigenvalue weighted by Crippen LogP contribution is -2.60. The smallest absolute Gasteiger partial charge is 0.408 e. The van der Waals surface area contributed by atoms with Gasteiger partial charge in [-0.05, 0) is 80.2 Å². The Balaban J connectivity index is 1.16. The maximum atomic E-state index is 16.4. The average molecular weight is 903 g/mol. The fraction of sp³-hybridized carbons (Fsp3) is 0.700. The number of ether oxygens (including phenoxy) is 3. The molecule has 3 N–H and O–H groups in total. The van der Waals surface area contributed by atoms with E-state index in [1.165, 1.54) is 6.07 Å². The number of benzene rings is 1. The van der Waals surface area contributed by atoms with Gasteiger partial charge in [0.2, 0.25) is 34.1 Å². The minimum absolute atomic E-state index is 0.0249. The number of nitrogens with one attached hydrogen (secondary N) is 3. The summed E-state index contributed by atoms with van der Waals surface area (Å²) in [6.45, 7) is 1.16. The summed E-state index contributed by atoms with van der Waals surface area (Å²) in [5, 5.41) is 4.06. The molecule has 22 heteroatoms. The van der Waals surface area contributed by atoms with Gasteiger partial charge in [-0.15, -0.1) is 0 Å². The van der Waals surface area contributed by atoms with E-state index in [1.807, 2.05) is 4.72 Å². The van der Waals surface area contributed by atoms with Crippen molar-refractivity contribution < 1.29 is 68.1 Å². The minimum Gasteiger partial charge on any atom is -0.471 e. The van der Waals surface area contributed by atoms with Gasteiger partial charge >= 0.3 is 12.7 Å². The Hall–Kier alpha value is -4.63. The van der Waals surface area contributed by atoms with Gasteiger partial charge in [-0.2, -0.15) is 17.6 Å². The van der Waals surface area contributed by atoms with Gasteiger partial charge in [0.1, 0.15) is 35.6 Å². The number of sulfonamides is 1. The van der Waals surface area contributed by atoms with Crippen molar-refractivity contribution in [3.8, 4) is 11.6 Å². The molecule has 3 heterocycles. The van der Waals surface area contributed by atoms with Crippen LogP contribution in [-0.4, -0.2) is 102 Å². The Bertz CT molecular complexity index is 2250. The van der Waals surface area contributed by atoms with Crippen LogP contribution in [0.3, 0.4) is 0 Å². The van der Waals surface area contributed by atoms with Crippen LogP contribution in [0, 0.1) is 29.1 Å². The summed E-state index contributed by atoms with van der Waals surface area (Å²) in [6, 6.07) is 0.296. The molecule has 4 aliphatic carbocycles. The highest BCUT2D eigenvalue weighted by Gasteiger charge is 2.67. The van der Waals surface area contributed by atoms with Crippen LogP contribution in [-0.2, 0) is 35.1 Å². The van der Waals surface area contributed by atoms with Crippen molar-refractivity contribution in [1.82, 2.24) is 30.2 Å². The van der Waals surface area contributed by atoms with Crippen LogP contribution in [0.15, 0.2) is 18.2 Å². The van der Waals surface area contributed by atoms with Gasteiger partial charge in [-0.25, -0.2) is 32.0 Å². The average Bonchev–Trinajstić information content (AvgIpc) is 4.11. The van der Waals surface area contributed by atoms with Gasteiger partial charge in [0.15, 0.2) is 5.69 Å². The Kier molecular flexibility index (Phi) is 11.3. The summed E-state index contributed by atoms with van der Waals surface area (Å²) in [6.07, 6.45) is -4.95. The number of aromatic nitrogens is 2. The number of alkyl carbamates (subject to hydrolysis) is 1. The summed E-state index contributed by atoms with van der Waals surface area (Å²) in [5.41, 5.74) is -4.60. The third kappa shape index (κ3) is 8.80. The number of alkyl halides is 6. The molecule has 1 aromatic heterocycles. The number of carbonyl (C=O) groups is 4. The number of carbonyl (C=O) groups excluding carboxylic acids is 4. The first-order chi connectivity index (χ1) is 29.1. The molecule has 2 aromatic rings. The lowest BCUT2D eigenvalue weighted by atomic mass is 9.85. The molecule has 6 aliphatic rings. The molecule has 1 unspecified atom stereocenters. The van der Waals surface area contributed by atoms with E-state index in [4.69, 9.17) is 9.47 Å². The van der Waals surface area contributed by atoms with Gasteiger partial charge in [-0.3, -0.25) is 19.1 Å². The summed E-state index contributed by atoms with van der Waals surface area (Å²) < 4.78 is 131. The van der Waals surface area contributed by atoms with E-state index in [2.05, 4.69) is 25.3 Å².